The number of unbranched alkanes of at least 4 members (excludes halogenated alkanes) is 5. The van der Waals surface area contributed by atoms with Crippen molar-refractivity contribution in [2.24, 2.45) is 0 Å². The van der Waals surface area contributed by atoms with Crippen LogP contribution in [-0.4, -0.2) is 18.3 Å². The molecule has 118 valence electrons. The van der Waals surface area contributed by atoms with Gasteiger partial charge in [0, 0.05) is 4.47 Å². The van der Waals surface area contributed by atoms with Crippen LogP contribution in [0, 0.1) is 0 Å². The van der Waals surface area contributed by atoms with E-state index < -0.39 is 6.10 Å². The first-order chi connectivity index (χ1) is 10.2. The van der Waals surface area contributed by atoms with Gasteiger partial charge < -0.3 is 14.6 Å². The van der Waals surface area contributed by atoms with Crippen LogP contribution in [0.2, 0.25) is 0 Å². The van der Waals surface area contributed by atoms with E-state index in [1.807, 2.05) is 12.1 Å². The lowest BCUT2D eigenvalue weighted by molar-refractivity contribution is 0.156. The number of rotatable bonds is 8. The lowest BCUT2D eigenvalue weighted by Crippen LogP contribution is -2.16. The zero-order valence-corrected chi connectivity index (χ0v) is 14.3. The van der Waals surface area contributed by atoms with Crippen molar-refractivity contribution in [1.82, 2.24) is 0 Å². The lowest BCUT2D eigenvalue weighted by Gasteiger charge is -2.21. The number of halogens is 1. The minimum absolute atomic E-state index is 0.443. The Morgan fingerprint density at radius 3 is 2.38 bits per heavy atom. The van der Waals surface area contributed by atoms with Gasteiger partial charge in [0.15, 0.2) is 11.5 Å². The van der Waals surface area contributed by atoms with Gasteiger partial charge in [-0.05, 0) is 24.1 Å². The molecule has 1 atom stereocenters. The van der Waals surface area contributed by atoms with E-state index in [1.165, 1.54) is 32.1 Å². The van der Waals surface area contributed by atoms with E-state index in [9.17, 15) is 5.11 Å². The molecule has 1 aliphatic heterocycles. The van der Waals surface area contributed by atoms with Crippen molar-refractivity contribution < 1.29 is 14.6 Å². The summed E-state index contributed by atoms with van der Waals surface area (Å²) in [6.07, 6.45) is 7.77. The Balaban J connectivity index is 1.85. The average Bonchev–Trinajstić information content (AvgIpc) is 2.49. The van der Waals surface area contributed by atoms with Crippen molar-refractivity contribution in [2.75, 3.05) is 13.2 Å². The molecule has 0 amide bonds. The highest BCUT2D eigenvalue weighted by Crippen LogP contribution is 2.38. The highest BCUT2D eigenvalue weighted by atomic mass is 79.9. The second kappa shape index (κ2) is 8.64. The molecule has 1 aliphatic rings. The molecule has 0 bridgehead atoms. The minimum atomic E-state index is -0.443. The number of hydrogen-bond acceptors (Lipinski definition) is 3. The van der Waals surface area contributed by atoms with E-state index in [0.717, 1.165) is 34.4 Å². The second-order valence-corrected chi connectivity index (χ2v) is 6.44. The Hall–Kier alpha value is -0.740. The summed E-state index contributed by atoms with van der Waals surface area (Å²) in [5, 5.41) is 10.4. The Morgan fingerprint density at radius 2 is 1.67 bits per heavy atom. The van der Waals surface area contributed by atoms with Crippen molar-refractivity contribution in [3.63, 3.8) is 0 Å². The summed E-state index contributed by atoms with van der Waals surface area (Å²) in [5.41, 5.74) is 0.896. The Bertz CT molecular complexity index is 448. The van der Waals surface area contributed by atoms with Gasteiger partial charge in [0.05, 0.1) is 6.10 Å². The van der Waals surface area contributed by atoms with E-state index in [1.54, 1.807) is 0 Å². The molecular formula is C17H25BrO3. The number of fused-ring (bicyclic) bond motifs is 1. The minimum Gasteiger partial charge on any atom is -0.486 e. The van der Waals surface area contributed by atoms with Gasteiger partial charge in [-0.3, -0.25) is 0 Å². The van der Waals surface area contributed by atoms with Gasteiger partial charge in [-0.25, -0.2) is 0 Å². The predicted octanol–water partition coefficient (Wildman–Crippen LogP) is 5.00. The molecule has 0 aliphatic carbocycles. The third kappa shape index (κ3) is 4.89. The summed E-state index contributed by atoms with van der Waals surface area (Å²) >= 11 is 3.52. The summed E-state index contributed by atoms with van der Waals surface area (Å²) in [5.74, 6) is 1.49. The number of aliphatic hydroxyl groups excluding tert-OH is 1. The molecule has 1 heterocycles. The van der Waals surface area contributed by atoms with Crippen molar-refractivity contribution in [2.45, 2.75) is 58.0 Å². The molecule has 1 aromatic carbocycles. The molecule has 21 heavy (non-hydrogen) atoms. The standard InChI is InChI=1S/C17H25BrO3/c1-2-3-4-5-6-7-8-15(19)13-11-16-17(12-14(13)18)21-10-9-20-16/h11-12,15,19H,2-10H2,1H3. The first-order valence-electron chi connectivity index (χ1n) is 7.99. The van der Waals surface area contributed by atoms with Crippen LogP contribution in [0.15, 0.2) is 16.6 Å². The summed E-state index contributed by atoms with van der Waals surface area (Å²) < 4.78 is 12.0. The topological polar surface area (TPSA) is 38.7 Å². The zero-order chi connectivity index (χ0) is 15.1. The number of ether oxygens (including phenoxy) is 2. The van der Waals surface area contributed by atoms with Crippen molar-refractivity contribution >= 4 is 15.9 Å². The van der Waals surface area contributed by atoms with Crippen molar-refractivity contribution in [3.05, 3.63) is 22.2 Å². The fourth-order valence-electron chi connectivity index (χ4n) is 2.61. The molecule has 4 heteroatoms. The molecule has 1 unspecified atom stereocenters. The first kappa shape index (κ1) is 16.6. The van der Waals surface area contributed by atoms with Gasteiger partial charge >= 0.3 is 0 Å². The van der Waals surface area contributed by atoms with Crippen LogP contribution in [0.1, 0.15) is 63.5 Å². The molecule has 3 nitrogen and oxygen atoms in total. The predicted molar refractivity (Wildman–Crippen MR) is 88.1 cm³/mol. The molecule has 0 saturated carbocycles. The van der Waals surface area contributed by atoms with Gasteiger partial charge in [-0.2, -0.15) is 0 Å². The van der Waals surface area contributed by atoms with Crippen LogP contribution in [-0.2, 0) is 0 Å². The van der Waals surface area contributed by atoms with Crippen LogP contribution in [0.5, 0.6) is 11.5 Å². The fourth-order valence-corrected chi connectivity index (χ4v) is 3.20. The molecule has 1 N–H and O–H groups in total. The molecule has 1 aromatic rings. The summed E-state index contributed by atoms with van der Waals surface area (Å²) in [6.45, 7) is 3.38. The molecule has 0 spiro atoms. The average molecular weight is 357 g/mol. The molecule has 0 saturated heterocycles. The Labute approximate surface area is 135 Å². The number of aliphatic hydroxyl groups is 1. The maximum atomic E-state index is 10.4. The molecule has 2 rings (SSSR count). The summed E-state index contributed by atoms with van der Waals surface area (Å²) in [7, 11) is 0. The summed E-state index contributed by atoms with van der Waals surface area (Å²) in [4.78, 5) is 0. The lowest BCUT2D eigenvalue weighted by atomic mass is 10.0. The Morgan fingerprint density at radius 1 is 1.05 bits per heavy atom. The summed E-state index contributed by atoms with van der Waals surface area (Å²) in [6, 6.07) is 3.80. The van der Waals surface area contributed by atoms with Crippen molar-refractivity contribution in [1.29, 1.82) is 0 Å². The van der Waals surface area contributed by atoms with Crippen LogP contribution < -0.4 is 9.47 Å². The number of benzene rings is 1. The molecule has 0 fully saturated rings. The molecular weight excluding hydrogens is 332 g/mol. The van der Waals surface area contributed by atoms with E-state index in [2.05, 4.69) is 22.9 Å². The molecule has 0 radical (unpaired) electrons. The van der Waals surface area contributed by atoms with Crippen LogP contribution in [0.25, 0.3) is 0 Å². The zero-order valence-electron chi connectivity index (χ0n) is 12.7. The fraction of sp³-hybridized carbons (Fsp3) is 0.647. The van der Waals surface area contributed by atoms with Gasteiger partial charge in [0.2, 0.25) is 0 Å². The van der Waals surface area contributed by atoms with Crippen LogP contribution in [0.3, 0.4) is 0 Å². The number of hydrogen-bond donors (Lipinski definition) is 1. The Kier molecular flexibility index (Phi) is 6.84. The monoisotopic (exact) mass is 356 g/mol. The normalized spacial score (nSPS) is 15.0. The van der Waals surface area contributed by atoms with Gasteiger partial charge in [-0.15, -0.1) is 0 Å². The van der Waals surface area contributed by atoms with Crippen LogP contribution in [0.4, 0.5) is 0 Å². The highest BCUT2D eigenvalue weighted by Gasteiger charge is 2.18. The quantitative estimate of drug-likeness (QED) is 0.665. The largest absolute Gasteiger partial charge is 0.486 e. The van der Waals surface area contributed by atoms with Crippen molar-refractivity contribution in [3.8, 4) is 11.5 Å². The maximum absolute atomic E-state index is 10.4. The van der Waals surface area contributed by atoms with E-state index in [4.69, 9.17) is 9.47 Å². The third-order valence-corrected chi connectivity index (χ3v) is 4.54. The van der Waals surface area contributed by atoms with Gasteiger partial charge in [0.1, 0.15) is 13.2 Å². The second-order valence-electron chi connectivity index (χ2n) is 5.59. The SMILES string of the molecule is CCCCCCCCC(O)c1cc2c(cc1Br)OCCO2. The van der Waals surface area contributed by atoms with Gasteiger partial charge in [-0.1, -0.05) is 61.4 Å². The van der Waals surface area contributed by atoms with E-state index in [-0.39, 0.29) is 0 Å². The molecule has 0 aromatic heterocycles. The van der Waals surface area contributed by atoms with E-state index >= 15 is 0 Å². The highest BCUT2D eigenvalue weighted by molar-refractivity contribution is 9.10. The first-order valence-corrected chi connectivity index (χ1v) is 8.78. The maximum Gasteiger partial charge on any atom is 0.162 e. The van der Waals surface area contributed by atoms with Crippen LogP contribution >= 0.6 is 15.9 Å². The third-order valence-electron chi connectivity index (χ3n) is 3.85. The van der Waals surface area contributed by atoms with E-state index in [0.29, 0.717) is 13.2 Å². The van der Waals surface area contributed by atoms with Gasteiger partial charge in [0.25, 0.3) is 0 Å². The smallest absolute Gasteiger partial charge is 0.162 e.